The Bertz CT molecular complexity index is 531. The van der Waals surface area contributed by atoms with Crippen molar-refractivity contribution in [3.8, 4) is 0 Å². The molecule has 0 bridgehead atoms. The fraction of sp³-hybridized carbons (Fsp3) is 0.0769. The molecule has 0 fully saturated rings. The minimum atomic E-state index is -0.311. The molecule has 1 heterocycles. The smallest absolute Gasteiger partial charge is 0.319 e. The van der Waals surface area contributed by atoms with E-state index in [0.29, 0.717) is 12.2 Å². The molecule has 18 heavy (non-hydrogen) atoms. The van der Waals surface area contributed by atoms with E-state index in [2.05, 4.69) is 15.6 Å². The van der Waals surface area contributed by atoms with Crippen molar-refractivity contribution in [3.05, 3.63) is 59.4 Å². The van der Waals surface area contributed by atoms with Crippen LogP contribution in [0.25, 0.3) is 0 Å². The molecule has 5 heteroatoms. The molecule has 2 rings (SSSR count). The lowest BCUT2D eigenvalue weighted by atomic mass is 10.2. The minimum Gasteiger partial charge on any atom is -0.334 e. The van der Waals surface area contributed by atoms with Gasteiger partial charge in [-0.1, -0.05) is 41.9 Å². The summed E-state index contributed by atoms with van der Waals surface area (Å²) >= 11 is 5.83. The molecule has 1 aromatic carbocycles. The molecule has 0 radical (unpaired) electrons. The molecule has 0 aliphatic heterocycles. The second kappa shape index (κ2) is 6.02. The number of pyridine rings is 1. The van der Waals surface area contributed by atoms with Crippen molar-refractivity contribution in [2.24, 2.45) is 0 Å². The van der Waals surface area contributed by atoms with Crippen LogP contribution in [0.1, 0.15) is 5.56 Å². The third-order valence-electron chi connectivity index (χ3n) is 2.30. The lowest BCUT2D eigenvalue weighted by Gasteiger charge is -2.08. The fourth-order valence-corrected chi connectivity index (χ4v) is 1.59. The van der Waals surface area contributed by atoms with Gasteiger partial charge < -0.3 is 10.6 Å². The Morgan fingerprint density at radius 2 is 1.94 bits per heavy atom. The Kier molecular flexibility index (Phi) is 4.15. The number of carbonyl (C=O) groups excluding carboxylic acids is 1. The number of aromatic nitrogens is 1. The van der Waals surface area contributed by atoms with Crippen LogP contribution in [-0.2, 0) is 6.54 Å². The molecule has 0 atom stereocenters. The summed E-state index contributed by atoms with van der Waals surface area (Å²) in [5.74, 6) is 0. The van der Waals surface area contributed by atoms with Crippen molar-refractivity contribution in [3.63, 3.8) is 0 Å². The third kappa shape index (κ3) is 3.46. The number of hydrogen-bond acceptors (Lipinski definition) is 2. The van der Waals surface area contributed by atoms with Gasteiger partial charge in [-0.3, -0.25) is 0 Å². The number of rotatable bonds is 3. The summed E-state index contributed by atoms with van der Waals surface area (Å²) in [4.78, 5) is 15.5. The first-order chi connectivity index (χ1) is 8.75. The Balaban J connectivity index is 1.88. The van der Waals surface area contributed by atoms with Gasteiger partial charge in [0.2, 0.25) is 0 Å². The highest BCUT2D eigenvalue weighted by molar-refractivity contribution is 6.32. The molecule has 2 aromatic rings. The van der Waals surface area contributed by atoms with Gasteiger partial charge in [-0.15, -0.1) is 0 Å². The summed E-state index contributed by atoms with van der Waals surface area (Å²) in [6, 6.07) is 12.7. The van der Waals surface area contributed by atoms with Crippen molar-refractivity contribution in [1.82, 2.24) is 10.3 Å². The van der Waals surface area contributed by atoms with Crippen molar-refractivity contribution in [2.45, 2.75) is 6.54 Å². The second-order valence-corrected chi connectivity index (χ2v) is 3.99. The Labute approximate surface area is 110 Å². The highest BCUT2D eigenvalue weighted by Crippen LogP contribution is 2.16. The van der Waals surface area contributed by atoms with E-state index in [-0.39, 0.29) is 11.2 Å². The number of hydrogen-bond donors (Lipinski definition) is 2. The topological polar surface area (TPSA) is 54.0 Å². The van der Waals surface area contributed by atoms with Crippen LogP contribution >= 0.6 is 11.6 Å². The van der Waals surface area contributed by atoms with Crippen LogP contribution in [0.15, 0.2) is 48.7 Å². The largest absolute Gasteiger partial charge is 0.334 e. The quantitative estimate of drug-likeness (QED) is 0.835. The van der Waals surface area contributed by atoms with Gasteiger partial charge in [-0.2, -0.15) is 0 Å². The molecule has 4 nitrogen and oxygen atoms in total. The number of nitrogens with one attached hydrogen (secondary N) is 2. The maximum atomic E-state index is 11.6. The van der Waals surface area contributed by atoms with Gasteiger partial charge in [0.25, 0.3) is 0 Å². The molecule has 0 saturated heterocycles. The van der Waals surface area contributed by atoms with Gasteiger partial charge in [0, 0.05) is 12.7 Å². The Hall–Kier alpha value is -2.07. The number of benzene rings is 1. The second-order valence-electron chi connectivity index (χ2n) is 3.64. The molecule has 0 aliphatic rings. The van der Waals surface area contributed by atoms with Crippen molar-refractivity contribution >= 4 is 23.3 Å². The van der Waals surface area contributed by atoms with Crippen LogP contribution in [-0.4, -0.2) is 11.0 Å². The van der Waals surface area contributed by atoms with Gasteiger partial charge in [0.15, 0.2) is 5.15 Å². The number of urea groups is 1. The molecule has 0 spiro atoms. The van der Waals surface area contributed by atoms with Gasteiger partial charge in [-0.25, -0.2) is 9.78 Å². The van der Waals surface area contributed by atoms with Crippen LogP contribution in [0, 0.1) is 0 Å². The van der Waals surface area contributed by atoms with E-state index in [9.17, 15) is 4.79 Å². The summed E-state index contributed by atoms with van der Waals surface area (Å²) in [5.41, 5.74) is 1.52. The predicted octanol–water partition coefficient (Wildman–Crippen LogP) is 3.06. The van der Waals surface area contributed by atoms with Crippen molar-refractivity contribution in [1.29, 1.82) is 0 Å². The standard InChI is InChI=1S/C13H12ClN3O/c14-12-11(7-4-8-15-12)17-13(18)16-9-10-5-2-1-3-6-10/h1-8H,9H2,(H2,16,17,18). The maximum absolute atomic E-state index is 11.6. The van der Waals surface area contributed by atoms with Crippen molar-refractivity contribution in [2.75, 3.05) is 5.32 Å². The molecular formula is C13H12ClN3O. The van der Waals surface area contributed by atoms with E-state index in [4.69, 9.17) is 11.6 Å². The summed E-state index contributed by atoms with van der Waals surface area (Å²) in [6.45, 7) is 0.463. The molecule has 0 unspecified atom stereocenters. The zero-order chi connectivity index (χ0) is 12.8. The van der Waals surface area contributed by atoms with Gasteiger partial charge in [0.05, 0.1) is 5.69 Å². The highest BCUT2D eigenvalue weighted by atomic mass is 35.5. The summed E-state index contributed by atoms with van der Waals surface area (Å²) in [7, 11) is 0. The van der Waals surface area contributed by atoms with Crippen LogP contribution in [0.3, 0.4) is 0 Å². The molecule has 92 valence electrons. The van der Waals surface area contributed by atoms with Gasteiger partial charge in [0.1, 0.15) is 0 Å². The number of anilines is 1. The first-order valence-corrected chi connectivity index (χ1v) is 5.83. The van der Waals surface area contributed by atoms with Crippen molar-refractivity contribution < 1.29 is 4.79 Å². The number of nitrogens with zero attached hydrogens (tertiary/aromatic N) is 1. The Morgan fingerprint density at radius 3 is 2.67 bits per heavy atom. The Morgan fingerprint density at radius 1 is 1.17 bits per heavy atom. The normalized spacial score (nSPS) is 9.83. The summed E-state index contributed by atoms with van der Waals surface area (Å²) in [6.07, 6.45) is 1.56. The average Bonchev–Trinajstić information content (AvgIpc) is 2.40. The van der Waals surface area contributed by atoms with Crippen LogP contribution in [0.2, 0.25) is 5.15 Å². The molecule has 2 amide bonds. The van der Waals surface area contributed by atoms with E-state index in [1.54, 1.807) is 18.3 Å². The van der Waals surface area contributed by atoms with Gasteiger partial charge >= 0.3 is 6.03 Å². The number of amides is 2. The third-order valence-corrected chi connectivity index (χ3v) is 2.60. The van der Waals surface area contributed by atoms with Gasteiger partial charge in [-0.05, 0) is 17.7 Å². The highest BCUT2D eigenvalue weighted by Gasteiger charge is 2.04. The van der Waals surface area contributed by atoms with E-state index >= 15 is 0 Å². The molecule has 2 N–H and O–H groups in total. The van der Waals surface area contributed by atoms with Crippen LogP contribution in [0.4, 0.5) is 10.5 Å². The first-order valence-electron chi connectivity index (χ1n) is 5.45. The zero-order valence-corrected chi connectivity index (χ0v) is 10.3. The maximum Gasteiger partial charge on any atom is 0.319 e. The molecular weight excluding hydrogens is 250 g/mol. The van der Waals surface area contributed by atoms with E-state index in [0.717, 1.165) is 5.56 Å². The lowest BCUT2D eigenvalue weighted by Crippen LogP contribution is -2.28. The molecule has 0 aliphatic carbocycles. The predicted molar refractivity (Wildman–Crippen MR) is 71.5 cm³/mol. The molecule has 0 saturated carbocycles. The van der Waals surface area contributed by atoms with E-state index < -0.39 is 0 Å². The molecule has 1 aromatic heterocycles. The number of halogens is 1. The van der Waals surface area contributed by atoms with E-state index in [1.165, 1.54) is 0 Å². The zero-order valence-electron chi connectivity index (χ0n) is 9.56. The summed E-state index contributed by atoms with van der Waals surface area (Å²) < 4.78 is 0. The monoisotopic (exact) mass is 261 g/mol. The van der Waals surface area contributed by atoms with Crippen LogP contribution < -0.4 is 10.6 Å². The lowest BCUT2D eigenvalue weighted by molar-refractivity contribution is 0.251. The fourth-order valence-electron chi connectivity index (χ4n) is 1.42. The first kappa shape index (κ1) is 12.4. The summed E-state index contributed by atoms with van der Waals surface area (Å²) in [5, 5.41) is 5.64. The minimum absolute atomic E-state index is 0.271. The van der Waals surface area contributed by atoms with E-state index in [1.807, 2.05) is 30.3 Å². The average molecular weight is 262 g/mol. The number of carbonyl (C=O) groups is 1. The van der Waals surface area contributed by atoms with Crippen LogP contribution in [0.5, 0.6) is 0 Å². The SMILES string of the molecule is O=C(NCc1ccccc1)Nc1cccnc1Cl.